The summed E-state index contributed by atoms with van der Waals surface area (Å²) in [5.74, 6) is -0.835. The molecule has 7 nitrogen and oxygen atoms in total. The molecule has 0 aromatic heterocycles. The number of benzene rings is 1. The first-order valence-electron chi connectivity index (χ1n) is 9.27. The van der Waals surface area contributed by atoms with Gasteiger partial charge in [-0.25, -0.2) is 4.39 Å². The summed E-state index contributed by atoms with van der Waals surface area (Å²) in [7, 11) is 1.78. The van der Waals surface area contributed by atoms with Crippen molar-refractivity contribution < 1.29 is 23.7 Å². The molecule has 1 aliphatic rings. The Kier molecular flexibility index (Phi) is 7.72. The fraction of sp³-hybridized carbons (Fsp3) is 0.526. The van der Waals surface area contributed by atoms with Crippen molar-refractivity contribution >= 4 is 17.7 Å². The van der Waals surface area contributed by atoms with Gasteiger partial charge in [-0.15, -0.1) is 0 Å². The smallest absolute Gasteiger partial charge is 0.278 e. The standard InChI is InChI=1S/C19H27FN4O3/c1-3-24(12-17(25)21-10-14-4-6-15(20)7-5-14)19(27)13-23(2)11-18(26)22-16-8-9-16/h4-7,16H,3,8-13H2,1-2H3,(H,21,25)(H,22,26)/p+1. The second-order valence-corrected chi connectivity index (χ2v) is 6.96. The van der Waals surface area contributed by atoms with Crippen LogP contribution in [0, 0.1) is 5.82 Å². The second kappa shape index (κ2) is 10.0. The third-order valence-electron chi connectivity index (χ3n) is 4.33. The molecule has 1 atom stereocenters. The lowest BCUT2D eigenvalue weighted by Crippen LogP contribution is -3.11. The molecule has 1 aliphatic carbocycles. The number of amides is 3. The number of carbonyl (C=O) groups excluding carboxylic acids is 3. The monoisotopic (exact) mass is 379 g/mol. The third kappa shape index (κ3) is 7.74. The highest BCUT2D eigenvalue weighted by molar-refractivity contribution is 5.85. The topological polar surface area (TPSA) is 83.0 Å². The minimum atomic E-state index is -0.328. The van der Waals surface area contributed by atoms with Crippen LogP contribution < -0.4 is 15.5 Å². The van der Waals surface area contributed by atoms with E-state index in [0.29, 0.717) is 12.6 Å². The van der Waals surface area contributed by atoms with Gasteiger partial charge in [-0.2, -0.15) is 0 Å². The van der Waals surface area contributed by atoms with E-state index in [1.165, 1.54) is 17.0 Å². The molecule has 1 aromatic rings. The van der Waals surface area contributed by atoms with Crippen LogP contribution in [0.5, 0.6) is 0 Å². The molecular formula is C19H28FN4O3+. The first-order valence-corrected chi connectivity index (χ1v) is 9.27. The van der Waals surface area contributed by atoms with E-state index in [1.54, 1.807) is 26.1 Å². The van der Waals surface area contributed by atoms with Crippen molar-refractivity contribution in [1.82, 2.24) is 15.5 Å². The molecule has 3 N–H and O–H groups in total. The zero-order valence-corrected chi connectivity index (χ0v) is 15.9. The number of carbonyl (C=O) groups is 3. The van der Waals surface area contributed by atoms with Gasteiger partial charge in [-0.3, -0.25) is 14.4 Å². The second-order valence-electron chi connectivity index (χ2n) is 6.96. The molecule has 0 spiro atoms. The van der Waals surface area contributed by atoms with E-state index in [4.69, 9.17) is 0 Å². The number of halogens is 1. The maximum Gasteiger partial charge on any atom is 0.278 e. The summed E-state index contributed by atoms with van der Waals surface area (Å²) in [5, 5.41) is 5.62. The average Bonchev–Trinajstić information content (AvgIpc) is 3.42. The van der Waals surface area contributed by atoms with Gasteiger partial charge < -0.3 is 20.4 Å². The zero-order chi connectivity index (χ0) is 19.8. The van der Waals surface area contributed by atoms with Crippen LogP contribution >= 0.6 is 0 Å². The fourth-order valence-electron chi connectivity index (χ4n) is 2.62. The number of nitrogens with zero attached hydrogens (tertiary/aromatic N) is 1. The summed E-state index contributed by atoms with van der Waals surface area (Å²) < 4.78 is 12.9. The third-order valence-corrected chi connectivity index (χ3v) is 4.33. The van der Waals surface area contributed by atoms with E-state index in [2.05, 4.69) is 10.6 Å². The Morgan fingerprint density at radius 1 is 1.15 bits per heavy atom. The number of nitrogens with one attached hydrogen (secondary N) is 3. The van der Waals surface area contributed by atoms with Gasteiger partial charge in [-0.05, 0) is 37.5 Å². The highest BCUT2D eigenvalue weighted by Gasteiger charge is 2.25. The van der Waals surface area contributed by atoms with E-state index < -0.39 is 0 Å². The van der Waals surface area contributed by atoms with Crippen LogP contribution in [0.3, 0.4) is 0 Å². The van der Waals surface area contributed by atoms with Crippen molar-refractivity contribution in [2.24, 2.45) is 0 Å². The van der Waals surface area contributed by atoms with Crippen LogP contribution in [-0.2, 0) is 20.9 Å². The average molecular weight is 379 g/mol. The molecule has 0 radical (unpaired) electrons. The molecule has 1 aromatic carbocycles. The molecule has 1 fully saturated rings. The van der Waals surface area contributed by atoms with Gasteiger partial charge in [0.05, 0.1) is 13.6 Å². The summed E-state index contributed by atoms with van der Waals surface area (Å²) in [6.07, 6.45) is 2.06. The molecule has 0 saturated heterocycles. The highest BCUT2D eigenvalue weighted by Crippen LogP contribution is 2.17. The lowest BCUT2D eigenvalue weighted by molar-refractivity contribution is -0.863. The van der Waals surface area contributed by atoms with Crippen LogP contribution in [0.15, 0.2) is 24.3 Å². The summed E-state index contributed by atoms with van der Waals surface area (Å²) in [6.45, 7) is 2.83. The quantitative estimate of drug-likeness (QED) is 0.492. The van der Waals surface area contributed by atoms with Crippen molar-refractivity contribution in [2.75, 3.05) is 33.2 Å². The lowest BCUT2D eigenvalue weighted by atomic mass is 10.2. The van der Waals surface area contributed by atoms with Crippen LogP contribution in [0.1, 0.15) is 25.3 Å². The lowest BCUT2D eigenvalue weighted by Gasteiger charge is -2.22. The van der Waals surface area contributed by atoms with Gasteiger partial charge in [0.15, 0.2) is 13.1 Å². The van der Waals surface area contributed by atoms with Crippen molar-refractivity contribution in [2.45, 2.75) is 32.4 Å². The minimum Gasteiger partial charge on any atom is -0.350 e. The molecule has 0 bridgehead atoms. The molecular weight excluding hydrogens is 351 g/mol. The van der Waals surface area contributed by atoms with Crippen molar-refractivity contribution in [3.8, 4) is 0 Å². The van der Waals surface area contributed by atoms with Gasteiger partial charge >= 0.3 is 0 Å². The molecule has 1 saturated carbocycles. The number of quaternary nitrogens is 1. The molecule has 3 amide bonds. The normalized spacial score (nSPS) is 14.3. The Morgan fingerprint density at radius 2 is 1.81 bits per heavy atom. The van der Waals surface area contributed by atoms with E-state index in [1.807, 2.05) is 0 Å². The number of rotatable bonds is 10. The summed E-state index contributed by atoms with van der Waals surface area (Å²) in [6, 6.07) is 6.17. The van der Waals surface area contributed by atoms with Gasteiger partial charge in [0.25, 0.3) is 11.8 Å². The molecule has 0 aliphatic heterocycles. The van der Waals surface area contributed by atoms with E-state index in [9.17, 15) is 18.8 Å². The Bertz CT molecular complexity index is 661. The molecule has 1 unspecified atom stereocenters. The molecule has 27 heavy (non-hydrogen) atoms. The Balaban J connectivity index is 1.73. The molecule has 8 heteroatoms. The molecule has 148 valence electrons. The molecule has 2 rings (SSSR count). The van der Waals surface area contributed by atoms with Gasteiger partial charge in [0.1, 0.15) is 5.82 Å². The number of hydrogen-bond acceptors (Lipinski definition) is 3. The summed E-state index contributed by atoms with van der Waals surface area (Å²) in [4.78, 5) is 38.5. The Morgan fingerprint density at radius 3 is 2.41 bits per heavy atom. The predicted molar refractivity (Wildman–Crippen MR) is 98.3 cm³/mol. The van der Waals surface area contributed by atoms with E-state index >= 15 is 0 Å². The van der Waals surface area contributed by atoms with Gasteiger partial charge in [0.2, 0.25) is 5.91 Å². The van der Waals surface area contributed by atoms with E-state index in [0.717, 1.165) is 23.3 Å². The highest BCUT2D eigenvalue weighted by atomic mass is 19.1. The van der Waals surface area contributed by atoms with Crippen molar-refractivity contribution in [3.05, 3.63) is 35.6 Å². The maximum absolute atomic E-state index is 12.9. The maximum atomic E-state index is 12.9. The van der Waals surface area contributed by atoms with Crippen molar-refractivity contribution in [1.29, 1.82) is 0 Å². The predicted octanol–water partition coefficient (Wildman–Crippen LogP) is -0.916. The zero-order valence-electron chi connectivity index (χ0n) is 15.9. The van der Waals surface area contributed by atoms with Crippen molar-refractivity contribution in [3.63, 3.8) is 0 Å². The SMILES string of the molecule is CCN(CC(=O)NCc1ccc(F)cc1)C(=O)C[NH+](C)CC(=O)NC1CC1. The fourth-order valence-corrected chi connectivity index (χ4v) is 2.62. The van der Waals surface area contributed by atoms with Gasteiger partial charge in [0, 0.05) is 19.1 Å². The Hall–Kier alpha value is -2.48. The molecule has 0 heterocycles. The summed E-state index contributed by atoms with van der Waals surface area (Å²) >= 11 is 0. The number of hydrogen-bond donors (Lipinski definition) is 3. The summed E-state index contributed by atoms with van der Waals surface area (Å²) in [5.41, 5.74) is 0.782. The Labute approximate surface area is 158 Å². The van der Waals surface area contributed by atoms with Crippen LogP contribution in [-0.4, -0.2) is 61.9 Å². The largest absolute Gasteiger partial charge is 0.350 e. The van der Waals surface area contributed by atoms with E-state index in [-0.39, 0.29) is 49.7 Å². The van der Waals surface area contributed by atoms with Crippen LogP contribution in [0.2, 0.25) is 0 Å². The van der Waals surface area contributed by atoms with Gasteiger partial charge in [-0.1, -0.05) is 12.1 Å². The first kappa shape index (κ1) is 20.8. The van der Waals surface area contributed by atoms with Crippen LogP contribution in [0.25, 0.3) is 0 Å². The van der Waals surface area contributed by atoms with Crippen LogP contribution in [0.4, 0.5) is 4.39 Å². The number of likely N-dealkylation sites (N-methyl/N-ethyl adjacent to an activating group) is 2. The first-order chi connectivity index (χ1) is 12.9. The minimum absolute atomic E-state index is 0.0436.